The normalized spacial score (nSPS) is 18.7. The molecule has 0 aliphatic heterocycles. The van der Waals surface area contributed by atoms with Crippen molar-refractivity contribution in [2.45, 2.75) is 32.5 Å². The van der Waals surface area contributed by atoms with E-state index in [4.69, 9.17) is 21.1 Å². The summed E-state index contributed by atoms with van der Waals surface area (Å²) in [6.07, 6.45) is 7.04. The van der Waals surface area contributed by atoms with Gasteiger partial charge in [0.2, 0.25) is 0 Å². The molecule has 2 nitrogen and oxygen atoms in total. The first-order valence-corrected chi connectivity index (χ1v) is 5.72. The highest BCUT2D eigenvalue weighted by molar-refractivity contribution is 6.29. The molecule has 0 amide bonds. The van der Waals surface area contributed by atoms with Gasteiger partial charge in [0, 0.05) is 25.2 Å². The van der Waals surface area contributed by atoms with Crippen LogP contribution in [0.25, 0.3) is 0 Å². The van der Waals surface area contributed by atoms with Crippen LogP contribution in [0.3, 0.4) is 0 Å². The second-order valence-corrected chi connectivity index (χ2v) is 4.17. The van der Waals surface area contributed by atoms with Crippen molar-refractivity contribution in [2.75, 3.05) is 14.2 Å². The van der Waals surface area contributed by atoms with E-state index >= 15 is 0 Å². The topological polar surface area (TPSA) is 18.5 Å². The first-order chi connectivity index (χ1) is 7.22. The maximum atomic E-state index is 6.04. The summed E-state index contributed by atoms with van der Waals surface area (Å²) in [5.41, 5.74) is 1.24. The minimum Gasteiger partial charge on any atom is -0.355 e. The van der Waals surface area contributed by atoms with Crippen LogP contribution < -0.4 is 0 Å². The Morgan fingerprint density at radius 2 is 2.07 bits per heavy atom. The molecule has 0 spiro atoms. The molecular weight excluding hydrogens is 212 g/mol. The highest BCUT2D eigenvalue weighted by atomic mass is 35.5. The number of halogens is 1. The van der Waals surface area contributed by atoms with Crippen LogP contribution in [-0.2, 0) is 9.47 Å². The van der Waals surface area contributed by atoms with E-state index in [0.29, 0.717) is 0 Å². The molecule has 0 fully saturated rings. The molecule has 0 radical (unpaired) electrons. The van der Waals surface area contributed by atoms with E-state index < -0.39 is 0 Å². The van der Waals surface area contributed by atoms with Gasteiger partial charge in [-0.25, -0.2) is 0 Å². The van der Waals surface area contributed by atoms with Gasteiger partial charge in [0.25, 0.3) is 0 Å². The van der Waals surface area contributed by atoms with Gasteiger partial charge in [-0.15, -0.1) is 0 Å². The summed E-state index contributed by atoms with van der Waals surface area (Å²) >= 11 is 6.04. The van der Waals surface area contributed by atoms with Gasteiger partial charge in [0.05, 0.1) is 0 Å². The van der Waals surface area contributed by atoms with E-state index in [-0.39, 0.29) is 12.2 Å². The van der Waals surface area contributed by atoms with Crippen molar-refractivity contribution < 1.29 is 9.47 Å². The molecule has 1 atom stereocenters. The minimum atomic E-state index is -0.180. The third-order valence-corrected chi connectivity index (χ3v) is 3.05. The average molecular weight is 231 g/mol. The number of hydrogen-bond acceptors (Lipinski definition) is 2. The molecule has 0 saturated heterocycles. The summed E-state index contributed by atoms with van der Waals surface area (Å²) in [5, 5.41) is 0.928. The van der Waals surface area contributed by atoms with Gasteiger partial charge in [0.1, 0.15) is 0 Å². The molecule has 1 aliphatic carbocycles. The van der Waals surface area contributed by atoms with Crippen LogP contribution in [0.15, 0.2) is 22.8 Å². The molecule has 1 aliphatic rings. The monoisotopic (exact) mass is 230 g/mol. The SMILES string of the molecule is CCC(C1=CCCC(Cl)=C1)C(OC)OC. The van der Waals surface area contributed by atoms with Gasteiger partial charge in [0.15, 0.2) is 6.29 Å². The average Bonchev–Trinajstić information content (AvgIpc) is 2.25. The molecule has 3 heteroatoms. The van der Waals surface area contributed by atoms with Crippen LogP contribution in [0.4, 0.5) is 0 Å². The molecule has 86 valence electrons. The smallest absolute Gasteiger partial charge is 0.163 e. The van der Waals surface area contributed by atoms with E-state index in [9.17, 15) is 0 Å². The van der Waals surface area contributed by atoms with Gasteiger partial charge in [-0.05, 0) is 30.9 Å². The van der Waals surface area contributed by atoms with E-state index in [2.05, 4.69) is 13.0 Å². The highest BCUT2D eigenvalue weighted by Gasteiger charge is 2.23. The third kappa shape index (κ3) is 3.33. The summed E-state index contributed by atoms with van der Waals surface area (Å²) in [6, 6.07) is 0. The molecule has 0 aromatic rings. The molecule has 1 rings (SSSR count). The van der Waals surface area contributed by atoms with Gasteiger partial charge in [-0.1, -0.05) is 24.6 Å². The number of methoxy groups -OCH3 is 2. The van der Waals surface area contributed by atoms with Gasteiger partial charge < -0.3 is 9.47 Å². The second kappa shape index (κ2) is 6.31. The zero-order chi connectivity index (χ0) is 11.3. The van der Waals surface area contributed by atoms with E-state index in [0.717, 1.165) is 24.3 Å². The maximum absolute atomic E-state index is 6.04. The first-order valence-electron chi connectivity index (χ1n) is 5.34. The Hall–Kier alpha value is -0.310. The summed E-state index contributed by atoms with van der Waals surface area (Å²) in [6.45, 7) is 2.13. The van der Waals surface area contributed by atoms with Gasteiger partial charge in [-0.2, -0.15) is 0 Å². The Kier molecular flexibility index (Phi) is 5.37. The predicted octanol–water partition coefficient (Wildman–Crippen LogP) is 3.47. The summed E-state index contributed by atoms with van der Waals surface area (Å²) in [7, 11) is 3.34. The number of allylic oxidation sites excluding steroid dienone is 3. The van der Waals surface area contributed by atoms with Crippen LogP contribution in [0.2, 0.25) is 0 Å². The fourth-order valence-electron chi connectivity index (χ4n) is 1.96. The van der Waals surface area contributed by atoms with Crippen molar-refractivity contribution in [3.8, 4) is 0 Å². The molecule has 0 saturated carbocycles. The van der Waals surface area contributed by atoms with E-state index in [1.54, 1.807) is 14.2 Å². The standard InChI is InChI=1S/C12H19ClO2/c1-4-11(12(14-2)15-3)9-6-5-7-10(13)8-9/h6,8,11-12H,4-5,7H2,1-3H3. The molecule has 0 bridgehead atoms. The molecule has 0 heterocycles. The van der Waals surface area contributed by atoms with Crippen molar-refractivity contribution in [2.24, 2.45) is 5.92 Å². The lowest BCUT2D eigenvalue weighted by Crippen LogP contribution is -2.26. The van der Waals surface area contributed by atoms with Crippen molar-refractivity contribution in [3.05, 3.63) is 22.8 Å². The van der Waals surface area contributed by atoms with Crippen LogP contribution >= 0.6 is 11.6 Å². The van der Waals surface area contributed by atoms with Crippen molar-refractivity contribution in [3.63, 3.8) is 0 Å². The molecule has 0 N–H and O–H groups in total. The highest BCUT2D eigenvalue weighted by Crippen LogP contribution is 2.29. The number of hydrogen-bond donors (Lipinski definition) is 0. The lowest BCUT2D eigenvalue weighted by Gasteiger charge is -2.26. The summed E-state index contributed by atoms with van der Waals surface area (Å²) < 4.78 is 10.6. The van der Waals surface area contributed by atoms with Crippen LogP contribution in [0, 0.1) is 5.92 Å². The zero-order valence-electron chi connectivity index (χ0n) is 9.63. The zero-order valence-corrected chi connectivity index (χ0v) is 10.4. The molecule has 0 aromatic carbocycles. The summed E-state index contributed by atoms with van der Waals surface area (Å²) in [4.78, 5) is 0. The molecule has 1 unspecified atom stereocenters. The minimum absolute atomic E-state index is 0.180. The van der Waals surface area contributed by atoms with Gasteiger partial charge in [-0.3, -0.25) is 0 Å². The third-order valence-electron chi connectivity index (χ3n) is 2.75. The molecule has 15 heavy (non-hydrogen) atoms. The van der Waals surface area contributed by atoms with Crippen LogP contribution in [-0.4, -0.2) is 20.5 Å². The quantitative estimate of drug-likeness (QED) is 0.674. The fraction of sp³-hybridized carbons (Fsp3) is 0.667. The lowest BCUT2D eigenvalue weighted by atomic mass is 9.91. The van der Waals surface area contributed by atoms with Crippen molar-refractivity contribution >= 4 is 11.6 Å². The van der Waals surface area contributed by atoms with Gasteiger partial charge >= 0.3 is 0 Å². The van der Waals surface area contributed by atoms with Crippen LogP contribution in [0.5, 0.6) is 0 Å². The number of rotatable bonds is 5. The van der Waals surface area contributed by atoms with E-state index in [1.807, 2.05) is 6.08 Å². The van der Waals surface area contributed by atoms with Crippen molar-refractivity contribution in [1.29, 1.82) is 0 Å². The van der Waals surface area contributed by atoms with Crippen molar-refractivity contribution in [1.82, 2.24) is 0 Å². The molecular formula is C12H19ClO2. The Bertz CT molecular complexity index is 254. The maximum Gasteiger partial charge on any atom is 0.163 e. The Labute approximate surface area is 96.9 Å². The molecule has 0 aromatic heterocycles. The Morgan fingerprint density at radius 1 is 1.40 bits per heavy atom. The fourth-order valence-corrected chi connectivity index (χ4v) is 2.19. The van der Waals surface area contributed by atoms with E-state index in [1.165, 1.54) is 5.57 Å². The largest absolute Gasteiger partial charge is 0.355 e. The lowest BCUT2D eigenvalue weighted by molar-refractivity contribution is -0.128. The summed E-state index contributed by atoms with van der Waals surface area (Å²) in [5.74, 6) is 0.272. The Balaban J connectivity index is 2.78. The first kappa shape index (κ1) is 12.8. The Morgan fingerprint density at radius 3 is 2.53 bits per heavy atom. The number of ether oxygens (including phenoxy) is 2. The van der Waals surface area contributed by atoms with Crippen LogP contribution in [0.1, 0.15) is 26.2 Å². The second-order valence-electron chi connectivity index (χ2n) is 3.69. The predicted molar refractivity (Wildman–Crippen MR) is 62.8 cm³/mol.